The van der Waals surface area contributed by atoms with Gasteiger partial charge in [0.15, 0.2) is 11.6 Å². The molecule has 0 aliphatic carbocycles. The Morgan fingerprint density at radius 1 is 1.45 bits per heavy atom. The van der Waals surface area contributed by atoms with Crippen molar-refractivity contribution in [2.45, 2.75) is 20.4 Å². The third-order valence-corrected chi connectivity index (χ3v) is 3.46. The van der Waals surface area contributed by atoms with E-state index in [0.717, 1.165) is 9.88 Å². The Bertz CT molecular complexity index is 614. The van der Waals surface area contributed by atoms with Crippen LogP contribution in [0.4, 0.5) is 10.2 Å². The number of hydrogen-bond donors (Lipinski definition) is 2. The fraction of sp³-hybridized carbons (Fsp3) is 0.308. The molecule has 2 aromatic rings. The van der Waals surface area contributed by atoms with Gasteiger partial charge >= 0.3 is 0 Å². The number of rotatable bonds is 5. The van der Waals surface area contributed by atoms with E-state index in [1.54, 1.807) is 6.20 Å². The standard InChI is InChI=1S/C13H15FN4OS/c1-3-15-12-11(14)9(4-5-16-12)13(19)18-7-10-17-6-8(2)20-10/h4-6H,3,7H2,1-2H3,(H,15,16)(H,18,19). The van der Waals surface area contributed by atoms with E-state index < -0.39 is 11.7 Å². The first kappa shape index (κ1) is 14.4. The Balaban J connectivity index is 2.07. The summed E-state index contributed by atoms with van der Waals surface area (Å²) in [7, 11) is 0. The summed E-state index contributed by atoms with van der Waals surface area (Å²) in [6.07, 6.45) is 3.14. The van der Waals surface area contributed by atoms with E-state index >= 15 is 0 Å². The number of amides is 1. The molecule has 20 heavy (non-hydrogen) atoms. The first-order valence-corrected chi connectivity index (χ1v) is 7.01. The zero-order chi connectivity index (χ0) is 14.5. The van der Waals surface area contributed by atoms with Gasteiger partial charge in [-0.05, 0) is 19.9 Å². The van der Waals surface area contributed by atoms with Crippen molar-refractivity contribution in [1.29, 1.82) is 0 Å². The van der Waals surface area contributed by atoms with E-state index in [2.05, 4.69) is 20.6 Å². The molecule has 7 heteroatoms. The van der Waals surface area contributed by atoms with Crippen LogP contribution in [0.3, 0.4) is 0 Å². The van der Waals surface area contributed by atoms with E-state index in [4.69, 9.17) is 0 Å². The molecule has 0 aliphatic heterocycles. The van der Waals surface area contributed by atoms with Gasteiger partial charge < -0.3 is 10.6 Å². The molecule has 0 saturated heterocycles. The first-order chi connectivity index (χ1) is 9.61. The molecule has 0 atom stereocenters. The SMILES string of the molecule is CCNc1nccc(C(=O)NCc2ncc(C)s2)c1F. The largest absolute Gasteiger partial charge is 0.368 e. The third-order valence-electron chi connectivity index (χ3n) is 2.55. The van der Waals surface area contributed by atoms with Crippen molar-refractivity contribution < 1.29 is 9.18 Å². The molecule has 0 fully saturated rings. The quantitative estimate of drug-likeness (QED) is 0.888. The van der Waals surface area contributed by atoms with Crippen LogP contribution in [0, 0.1) is 12.7 Å². The second-order valence-electron chi connectivity index (χ2n) is 4.10. The zero-order valence-electron chi connectivity index (χ0n) is 11.2. The second kappa shape index (κ2) is 6.42. The minimum atomic E-state index is -0.637. The van der Waals surface area contributed by atoms with Crippen LogP contribution in [0.1, 0.15) is 27.2 Å². The molecule has 5 nitrogen and oxygen atoms in total. The van der Waals surface area contributed by atoms with Gasteiger partial charge in [0.25, 0.3) is 5.91 Å². The Labute approximate surface area is 120 Å². The fourth-order valence-electron chi connectivity index (χ4n) is 1.64. The number of carbonyl (C=O) groups is 1. The molecule has 0 radical (unpaired) electrons. The van der Waals surface area contributed by atoms with Crippen molar-refractivity contribution in [2.75, 3.05) is 11.9 Å². The van der Waals surface area contributed by atoms with Crippen LogP contribution in [0.5, 0.6) is 0 Å². The van der Waals surface area contributed by atoms with E-state index in [-0.39, 0.29) is 17.9 Å². The van der Waals surface area contributed by atoms with Gasteiger partial charge in [-0.15, -0.1) is 11.3 Å². The molecule has 0 unspecified atom stereocenters. The van der Waals surface area contributed by atoms with Crippen LogP contribution in [0.25, 0.3) is 0 Å². The third kappa shape index (κ3) is 3.30. The molecule has 0 aliphatic rings. The molecule has 0 bridgehead atoms. The summed E-state index contributed by atoms with van der Waals surface area (Å²) >= 11 is 1.50. The molecule has 106 valence electrons. The van der Waals surface area contributed by atoms with Crippen LogP contribution in [0.15, 0.2) is 18.5 Å². The molecule has 2 heterocycles. The molecule has 0 saturated carbocycles. The van der Waals surface area contributed by atoms with Crippen LogP contribution in [-0.2, 0) is 6.54 Å². The predicted octanol–water partition coefficient (Wildman–Crippen LogP) is 2.35. The van der Waals surface area contributed by atoms with Gasteiger partial charge in [-0.3, -0.25) is 4.79 Å². The highest BCUT2D eigenvalue weighted by molar-refractivity contribution is 7.11. The fourth-order valence-corrected chi connectivity index (χ4v) is 2.37. The van der Waals surface area contributed by atoms with Crippen LogP contribution >= 0.6 is 11.3 Å². The molecule has 0 spiro atoms. The topological polar surface area (TPSA) is 66.9 Å². The van der Waals surface area contributed by atoms with Crippen molar-refractivity contribution in [3.8, 4) is 0 Å². The van der Waals surface area contributed by atoms with Gasteiger partial charge in [0.1, 0.15) is 5.01 Å². The van der Waals surface area contributed by atoms with Crippen molar-refractivity contribution in [2.24, 2.45) is 0 Å². The monoisotopic (exact) mass is 294 g/mol. The lowest BCUT2D eigenvalue weighted by Crippen LogP contribution is -2.24. The number of aryl methyl sites for hydroxylation is 1. The Morgan fingerprint density at radius 2 is 2.25 bits per heavy atom. The molecule has 2 aromatic heterocycles. The summed E-state index contributed by atoms with van der Waals surface area (Å²) in [6.45, 7) is 4.59. The molecule has 2 rings (SSSR count). The number of aromatic nitrogens is 2. The van der Waals surface area contributed by atoms with E-state index in [9.17, 15) is 9.18 Å². The summed E-state index contributed by atoms with van der Waals surface area (Å²) in [5.74, 6) is -1.02. The number of nitrogens with zero attached hydrogens (tertiary/aromatic N) is 2. The maximum Gasteiger partial charge on any atom is 0.254 e. The van der Waals surface area contributed by atoms with Gasteiger partial charge in [-0.1, -0.05) is 0 Å². The number of thiazole rings is 1. The maximum atomic E-state index is 14.0. The molecule has 0 aromatic carbocycles. The summed E-state index contributed by atoms with van der Waals surface area (Å²) < 4.78 is 14.0. The Kier molecular flexibility index (Phi) is 4.62. The Hall–Kier alpha value is -2.02. The number of nitrogens with one attached hydrogen (secondary N) is 2. The van der Waals surface area contributed by atoms with Crippen molar-refractivity contribution in [3.63, 3.8) is 0 Å². The highest BCUT2D eigenvalue weighted by Crippen LogP contribution is 2.15. The lowest BCUT2D eigenvalue weighted by molar-refractivity contribution is 0.0947. The lowest BCUT2D eigenvalue weighted by Gasteiger charge is -2.08. The summed E-state index contributed by atoms with van der Waals surface area (Å²) in [6, 6.07) is 1.36. The second-order valence-corrected chi connectivity index (χ2v) is 5.42. The molecular formula is C13H15FN4OS. The molecular weight excluding hydrogens is 279 g/mol. The van der Waals surface area contributed by atoms with Crippen molar-refractivity contribution in [3.05, 3.63) is 39.7 Å². The van der Waals surface area contributed by atoms with E-state index in [1.165, 1.54) is 23.6 Å². The van der Waals surface area contributed by atoms with Crippen LogP contribution < -0.4 is 10.6 Å². The van der Waals surface area contributed by atoms with Gasteiger partial charge in [0.05, 0.1) is 12.1 Å². The summed E-state index contributed by atoms with van der Waals surface area (Å²) in [4.78, 5) is 21.0. The van der Waals surface area contributed by atoms with Gasteiger partial charge in [-0.2, -0.15) is 0 Å². The number of halogens is 1. The van der Waals surface area contributed by atoms with Gasteiger partial charge in [0.2, 0.25) is 0 Å². The zero-order valence-corrected chi connectivity index (χ0v) is 12.1. The van der Waals surface area contributed by atoms with Gasteiger partial charge in [-0.25, -0.2) is 14.4 Å². The summed E-state index contributed by atoms with van der Waals surface area (Å²) in [5.41, 5.74) is -0.0239. The molecule has 2 N–H and O–H groups in total. The van der Waals surface area contributed by atoms with Crippen molar-refractivity contribution >= 4 is 23.1 Å². The lowest BCUT2D eigenvalue weighted by atomic mass is 10.2. The molecule has 1 amide bonds. The number of pyridine rings is 1. The van der Waals surface area contributed by atoms with E-state index in [1.807, 2.05) is 13.8 Å². The minimum absolute atomic E-state index is 0.0239. The average Bonchev–Trinajstić information content (AvgIpc) is 2.84. The normalized spacial score (nSPS) is 10.3. The first-order valence-electron chi connectivity index (χ1n) is 6.19. The number of hydrogen-bond acceptors (Lipinski definition) is 5. The van der Waals surface area contributed by atoms with Gasteiger partial charge in [0, 0.05) is 23.8 Å². The van der Waals surface area contributed by atoms with Crippen molar-refractivity contribution in [1.82, 2.24) is 15.3 Å². The maximum absolute atomic E-state index is 14.0. The van der Waals surface area contributed by atoms with Crippen LogP contribution in [-0.4, -0.2) is 22.4 Å². The number of anilines is 1. The van der Waals surface area contributed by atoms with Crippen LogP contribution in [0.2, 0.25) is 0 Å². The minimum Gasteiger partial charge on any atom is -0.368 e. The van der Waals surface area contributed by atoms with E-state index in [0.29, 0.717) is 6.54 Å². The highest BCUT2D eigenvalue weighted by atomic mass is 32.1. The smallest absolute Gasteiger partial charge is 0.254 e. The highest BCUT2D eigenvalue weighted by Gasteiger charge is 2.15. The predicted molar refractivity (Wildman–Crippen MR) is 76.4 cm³/mol. The summed E-state index contributed by atoms with van der Waals surface area (Å²) in [5, 5.41) is 6.21. The Morgan fingerprint density at radius 3 is 2.90 bits per heavy atom. The average molecular weight is 294 g/mol. The number of carbonyl (C=O) groups excluding carboxylic acids is 1.